The fourth-order valence-corrected chi connectivity index (χ4v) is 3.14. The summed E-state index contributed by atoms with van der Waals surface area (Å²) in [6.45, 7) is 1.95. The summed E-state index contributed by atoms with van der Waals surface area (Å²) in [6.07, 6.45) is 3.15. The van der Waals surface area contributed by atoms with Gasteiger partial charge in [0, 0.05) is 17.9 Å². The van der Waals surface area contributed by atoms with Crippen molar-refractivity contribution in [1.29, 1.82) is 5.26 Å². The topological polar surface area (TPSA) is 39.1 Å². The minimum atomic E-state index is 0. The Kier molecular flexibility index (Phi) is 6.04. The second-order valence-corrected chi connectivity index (χ2v) is 5.69. The highest BCUT2D eigenvalue weighted by molar-refractivity contribution is 5.85. The van der Waals surface area contributed by atoms with Gasteiger partial charge in [0.05, 0.1) is 11.6 Å². The van der Waals surface area contributed by atoms with Crippen LogP contribution in [-0.4, -0.2) is 20.1 Å². The van der Waals surface area contributed by atoms with E-state index in [4.69, 9.17) is 0 Å². The molecule has 1 heterocycles. The van der Waals surface area contributed by atoms with Crippen LogP contribution in [0.4, 0.5) is 11.4 Å². The van der Waals surface area contributed by atoms with Crippen LogP contribution in [0.5, 0.6) is 0 Å². The van der Waals surface area contributed by atoms with Crippen LogP contribution in [0.3, 0.4) is 0 Å². The number of nitrogens with one attached hydrogen (secondary N) is 1. The molecule has 3 nitrogen and oxygen atoms in total. The molecule has 120 valence electrons. The SMILES string of the molecule is CNCCCN1c2ccccc2CCc2ccc(C#N)cc21.Cl. The highest BCUT2D eigenvalue weighted by atomic mass is 35.5. The first kappa shape index (κ1) is 17.3. The van der Waals surface area contributed by atoms with Gasteiger partial charge in [-0.3, -0.25) is 0 Å². The number of nitrogens with zero attached hydrogens (tertiary/aromatic N) is 2. The van der Waals surface area contributed by atoms with Crippen molar-refractivity contribution in [2.24, 2.45) is 0 Å². The lowest BCUT2D eigenvalue weighted by atomic mass is 10.0. The second-order valence-electron chi connectivity index (χ2n) is 5.69. The third-order valence-corrected chi connectivity index (χ3v) is 4.26. The van der Waals surface area contributed by atoms with Gasteiger partial charge >= 0.3 is 0 Å². The Morgan fingerprint density at radius 1 is 1.09 bits per heavy atom. The van der Waals surface area contributed by atoms with Crippen molar-refractivity contribution in [1.82, 2.24) is 5.32 Å². The molecule has 0 fully saturated rings. The number of benzene rings is 2. The normalized spacial score (nSPS) is 12.4. The maximum atomic E-state index is 9.23. The van der Waals surface area contributed by atoms with Gasteiger partial charge in [0.15, 0.2) is 0 Å². The predicted octanol–water partition coefficient (Wildman–Crippen LogP) is 3.83. The first-order valence-electron chi connectivity index (χ1n) is 7.86. The lowest BCUT2D eigenvalue weighted by Gasteiger charge is -2.27. The Bertz CT molecular complexity index is 706. The van der Waals surface area contributed by atoms with Crippen molar-refractivity contribution >= 4 is 23.8 Å². The summed E-state index contributed by atoms with van der Waals surface area (Å²) in [7, 11) is 1.98. The monoisotopic (exact) mass is 327 g/mol. The van der Waals surface area contributed by atoms with E-state index in [0.717, 1.165) is 37.9 Å². The molecule has 3 rings (SSSR count). The van der Waals surface area contributed by atoms with Gasteiger partial charge in [0.2, 0.25) is 0 Å². The van der Waals surface area contributed by atoms with Gasteiger partial charge in [-0.25, -0.2) is 0 Å². The van der Waals surface area contributed by atoms with E-state index in [0.29, 0.717) is 0 Å². The van der Waals surface area contributed by atoms with Crippen molar-refractivity contribution in [2.45, 2.75) is 19.3 Å². The van der Waals surface area contributed by atoms with E-state index in [1.807, 2.05) is 19.2 Å². The summed E-state index contributed by atoms with van der Waals surface area (Å²) in [5.74, 6) is 0. The van der Waals surface area contributed by atoms with Gasteiger partial charge in [-0.1, -0.05) is 24.3 Å². The van der Waals surface area contributed by atoms with Gasteiger partial charge in [-0.05, 0) is 62.2 Å². The van der Waals surface area contributed by atoms with Crippen LogP contribution in [0.25, 0.3) is 0 Å². The van der Waals surface area contributed by atoms with E-state index in [-0.39, 0.29) is 12.4 Å². The number of hydrogen-bond acceptors (Lipinski definition) is 3. The molecule has 0 spiro atoms. The van der Waals surface area contributed by atoms with Crippen LogP contribution >= 0.6 is 12.4 Å². The highest BCUT2D eigenvalue weighted by Crippen LogP contribution is 2.36. The Labute approximate surface area is 144 Å². The van der Waals surface area contributed by atoms with Gasteiger partial charge in [0.1, 0.15) is 0 Å². The van der Waals surface area contributed by atoms with Crippen LogP contribution in [-0.2, 0) is 12.8 Å². The Balaban J connectivity index is 0.00000192. The number of rotatable bonds is 4. The molecule has 1 aliphatic heterocycles. The molecule has 2 aromatic rings. The third-order valence-electron chi connectivity index (χ3n) is 4.26. The largest absolute Gasteiger partial charge is 0.341 e. The van der Waals surface area contributed by atoms with Crippen LogP contribution in [0, 0.1) is 11.3 Å². The van der Waals surface area contributed by atoms with Gasteiger partial charge in [-0.2, -0.15) is 5.26 Å². The molecule has 2 aromatic carbocycles. The molecule has 0 saturated heterocycles. The van der Waals surface area contributed by atoms with Crippen LogP contribution in [0.15, 0.2) is 42.5 Å². The molecular formula is C19H22ClN3. The summed E-state index contributed by atoms with van der Waals surface area (Å²) >= 11 is 0. The fourth-order valence-electron chi connectivity index (χ4n) is 3.14. The van der Waals surface area contributed by atoms with Crippen molar-refractivity contribution in [3.05, 3.63) is 59.2 Å². The van der Waals surface area contributed by atoms with Crippen molar-refractivity contribution in [3.63, 3.8) is 0 Å². The number of nitriles is 1. The van der Waals surface area contributed by atoms with Crippen molar-refractivity contribution in [3.8, 4) is 6.07 Å². The Hall–Kier alpha value is -2.02. The summed E-state index contributed by atoms with van der Waals surface area (Å²) in [5.41, 5.74) is 5.94. The molecule has 1 N–H and O–H groups in total. The van der Waals surface area contributed by atoms with Gasteiger partial charge in [-0.15, -0.1) is 12.4 Å². The zero-order valence-electron chi connectivity index (χ0n) is 13.4. The molecule has 0 amide bonds. The minimum absolute atomic E-state index is 0. The molecule has 0 radical (unpaired) electrons. The summed E-state index contributed by atoms with van der Waals surface area (Å²) in [4.78, 5) is 2.38. The van der Waals surface area contributed by atoms with E-state index in [2.05, 4.69) is 46.6 Å². The van der Waals surface area contributed by atoms with Crippen molar-refractivity contribution < 1.29 is 0 Å². The fraction of sp³-hybridized carbons (Fsp3) is 0.316. The molecule has 0 aromatic heterocycles. The van der Waals surface area contributed by atoms with Gasteiger partial charge in [0.25, 0.3) is 0 Å². The molecule has 0 aliphatic carbocycles. The number of fused-ring (bicyclic) bond motifs is 2. The maximum Gasteiger partial charge on any atom is 0.0992 e. The molecule has 0 bridgehead atoms. The number of aryl methyl sites for hydroxylation is 2. The zero-order chi connectivity index (χ0) is 15.4. The number of hydrogen-bond donors (Lipinski definition) is 1. The Morgan fingerprint density at radius 2 is 1.83 bits per heavy atom. The lowest BCUT2D eigenvalue weighted by molar-refractivity contribution is 0.723. The van der Waals surface area contributed by atoms with Crippen LogP contribution in [0.1, 0.15) is 23.1 Å². The van der Waals surface area contributed by atoms with E-state index in [1.165, 1.54) is 22.5 Å². The molecular weight excluding hydrogens is 306 g/mol. The molecule has 0 atom stereocenters. The summed E-state index contributed by atoms with van der Waals surface area (Å²) in [5, 5.41) is 12.4. The molecule has 0 saturated carbocycles. The standard InChI is InChI=1S/C19H21N3.ClH/c1-21-11-4-12-22-18-6-3-2-5-16(18)9-10-17-8-7-15(14-20)13-19(17)22;/h2-3,5-8,13,21H,4,9-12H2,1H3;1H. The average molecular weight is 328 g/mol. The molecule has 0 unspecified atom stereocenters. The zero-order valence-corrected chi connectivity index (χ0v) is 14.2. The van der Waals surface area contributed by atoms with E-state index in [9.17, 15) is 5.26 Å². The molecule has 1 aliphatic rings. The van der Waals surface area contributed by atoms with Crippen LogP contribution in [0.2, 0.25) is 0 Å². The van der Waals surface area contributed by atoms with E-state index in [1.54, 1.807) is 0 Å². The molecule has 23 heavy (non-hydrogen) atoms. The van der Waals surface area contributed by atoms with Crippen LogP contribution < -0.4 is 10.2 Å². The third kappa shape index (κ3) is 3.67. The molecule has 4 heteroatoms. The van der Waals surface area contributed by atoms with E-state index < -0.39 is 0 Å². The highest BCUT2D eigenvalue weighted by Gasteiger charge is 2.20. The van der Waals surface area contributed by atoms with E-state index >= 15 is 0 Å². The second kappa shape index (κ2) is 8.01. The van der Waals surface area contributed by atoms with Gasteiger partial charge < -0.3 is 10.2 Å². The predicted molar refractivity (Wildman–Crippen MR) is 97.8 cm³/mol. The quantitative estimate of drug-likeness (QED) is 0.867. The first-order valence-corrected chi connectivity index (χ1v) is 7.86. The first-order chi connectivity index (χ1) is 10.8. The average Bonchev–Trinajstić information content (AvgIpc) is 2.72. The number of anilines is 2. The summed E-state index contributed by atoms with van der Waals surface area (Å²) < 4.78 is 0. The smallest absolute Gasteiger partial charge is 0.0992 e. The number of para-hydroxylation sites is 1. The Morgan fingerprint density at radius 3 is 2.57 bits per heavy atom. The minimum Gasteiger partial charge on any atom is -0.341 e. The lowest BCUT2D eigenvalue weighted by Crippen LogP contribution is -2.23. The van der Waals surface area contributed by atoms with Crippen molar-refractivity contribution in [2.75, 3.05) is 25.0 Å². The number of halogens is 1. The summed E-state index contributed by atoms with van der Waals surface area (Å²) in [6, 6.07) is 17.0. The maximum absolute atomic E-state index is 9.23.